The van der Waals surface area contributed by atoms with Gasteiger partial charge in [-0.25, -0.2) is 9.98 Å². The molecule has 6 nitrogen and oxygen atoms in total. The Kier molecular flexibility index (Phi) is 9.54. The van der Waals surface area contributed by atoms with Gasteiger partial charge in [0, 0.05) is 31.4 Å². The Balaban J connectivity index is 0.00000341. The van der Waals surface area contributed by atoms with Crippen LogP contribution in [0.3, 0.4) is 0 Å². The first-order valence-corrected chi connectivity index (χ1v) is 10.6. The Morgan fingerprint density at radius 2 is 2.06 bits per heavy atom. The van der Waals surface area contributed by atoms with Crippen molar-refractivity contribution in [1.82, 2.24) is 20.5 Å². The molecule has 1 aliphatic heterocycles. The number of aromatic nitrogens is 1. The predicted molar refractivity (Wildman–Crippen MR) is 125 cm³/mol. The summed E-state index contributed by atoms with van der Waals surface area (Å²) in [4.78, 5) is 21.8. The van der Waals surface area contributed by atoms with Gasteiger partial charge in [0.2, 0.25) is 5.91 Å². The van der Waals surface area contributed by atoms with Crippen LogP contribution in [0.15, 0.2) is 34.6 Å². The van der Waals surface area contributed by atoms with Crippen LogP contribution in [0.4, 0.5) is 13.2 Å². The lowest BCUT2D eigenvalue weighted by atomic mass is 10.1. The second-order valence-corrected chi connectivity index (χ2v) is 7.85. The van der Waals surface area contributed by atoms with E-state index in [1.54, 1.807) is 0 Å². The van der Waals surface area contributed by atoms with Crippen LogP contribution in [0.2, 0.25) is 0 Å². The van der Waals surface area contributed by atoms with Gasteiger partial charge >= 0.3 is 6.18 Å². The highest BCUT2D eigenvalue weighted by molar-refractivity contribution is 14.0. The number of carbonyl (C=O) groups excluding carboxylic acids is 1. The molecule has 170 valence electrons. The van der Waals surface area contributed by atoms with E-state index in [1.165, 1.54) is 0 Å². The third-order valence-electron chi connectivity index (χ3n) is 4.55. The average Bonchev–Trinajstić information content (AvgIpc) is 3.34. The summed E-state index contributed by atoms with van der Waals surface area (Å²) in [6.07, 6.45) is -2.91. The number of alkyl halides is 3. The lowest BCUT2D eigenvalue weighted by molar-refractivity contribution is -0.140. The molecule has 1 aromatic carbocycles. The molecule has 31 heavy (non-hydrogen) atoms. The summed E-state index contributed by atoms with van der Waals surface area (Å²) >= 11 is 0.960. The van der Waals surface area contributed by atoms with Crippen LogP contribution in [0.5, 0.6) is 0 Å². The lowest BCUT2D eigenvalue weighted by Crippen LogP contribution is -2.36. The molecular formula is C20H25F3IN5OS. The zero-order chi connectivity index (χ0) is 21.6. The number of amides is 1. The number of guanidine groups is 1. The quantitative estimate of drug-likeness (QED) is 0.300. The van der Waals surface area contributed by atoms with E-state index in [2.05, 4.69) is 20.6 Å². The van der Waals surface area contributed by atoms with Gasteiger partial charge in [0.05, 0.1) is 13.1 Å². The average molecular weight is 567 g/mol. The Hall–Kier alpha value is -1.89. The van der Waals surface area contributed by atoms with Crippen molar-refractivity contribution >= 4 is 47.2 Å². The van der Waals surface area contributed by atoms with E-state index in [-0.39, 0.29) is 36.4 Å². The van der Waals surface area contributed by atoms with Gasteiger partial charge in [0.25, 0.3) is 0 Å². The van der Waals surface area contributed by atoms with Crippen molar-refractivity contribution in [2.24, 2.45) is 4.99 Å². The molecule has 1 amide bonds. The molecule has 2 heterocycles. The summed E-state index contributed by atoms with van der Waals surface area (Å²) in [5.74, 6) is 0.689. The number of likely N-dealkylation sites (tertiary alicyclic amines) is 1. The van der Waals surface area contributed by atoms with E-state index in [4.69, 9.17) is 0 Å². The number of hydrogen-bond donors (Lipinski definition) is 2. The van der Waals surface area contributed by atoms with Crippen LogP contribution in [0.25, 0.3) is 0 Å². The van der Waals surface area contributed by atoms with Crippen molar-refractivity contribution in [2.45, 2.75) is 45.6 Å². The number of nitrogens with one attached hydrogen (secondary N) is 2. The number of nitrogens with zero attached hydrogens (tertiary/aromatic N) is 3. The first-order chi connectivity index (χ1) is 14.3. The molecule has 0 radical (unpaired) electrons. The van der Waals surface area contributed by atoms with Crippen molar-refractivity contribution in [3.05, 3.63) is 51.5 Å². The van der Waals surface area contributed by atoms with Crippen molar-refractivity contribution in [1.29, 1.82) is 0 Å². The maximum absolute atomic E-state index is 12.7. The van der Waals surface area contributed by atoms with Gasteiger partial charge in [-0.15, -0.1) is 35.3 Å². The van der Waals surface area contributed by atoms with Crippen molar-refractivity contribution in [2.75, 3.05) is 13.1 Å². The van der Waals surface area contributed by atoms with Gasteiger partial charge in [0.1, 0.15) is 5.01 Å². The Labute approximate surface area is 200 Å². The molecule has 1 aromatic heterocycles. The zero-order valence-corrected chi connectivity index (χ0v) is 20.2. The molecule has 3 rings (SSSR count). The molecule has 0 aliphatic carbocycles. The zero-order valence-electron chi connectivity index (χ0n) is 17.0. The van der Waals surface area contributed by atoms with E-state index in [0.717, 1.165) is 40.8 Å². The molecule has 2 aromatic rings. The molecule has 0 bridgehead atoms. The molecule has 2 N–H and O–H groups in total. The molecule has 11 heteroatoms. The van der Waals surface area contributed by atoms with E-state index in [0.29, 0.717) is 37.0 Å². The number of hydrogen-bond acceptors (Lipinski definition) is 4. The van der Waals surface area contributed by atoms with Gasteiger partial charge < -0.3 is 15.5 Å². The van der Waals surface area contributed by atoms with Crippen LogP contribution in [0, 0.1) is 0 Å². The fourth-order valence-corrected chi connectivity index (χ4v) is 3.85. The fourth-order valence-electron chi connectivity index (χ4n) is 3.11. The van der Waals surface area contributed by atoms with Gasteiger partial charge in [0.15, 0.2) is 11.7 Å². The third kappa shape index (κ3) is 7.63. The van der Waals surface area contributed by atoms with Crippen molar-refractivity contribution in [3.8, 4) is 0 Å². The minimum Gasteiger partial charge on any atom is -0.357 e. The van der Waals surface area contributed by atoms with E-state index >= 15 is 0 Å². The van der Waals surface area contributed by atoms with Crippen LogP contribution in [0.1, 0.15) is 41.6 Å². The SMILES string of the molecule is CCNC(=NCc1cccc(CN2CCCC2=O)c1)NCc1nc(C(F)(F)F)cs1.I. The molecule has 0 atom stereocenters. The highest BCUT2D eigenvalue weighted by Gasteiger charge is 2.33. The number of thiazole rings is 1. The maximum atomic E-state index is 12.7. The summed E-state index contributed by atoms with van der Waals surface area (Å²) in [7, 11) is 0. The number of aliphatic imine (C=N–C) groups is 1. The smallest absolute Gasteiger partial charge is 0.357 e. The molecular weight excluding hydrogens is 542 g/mol. The Morgan fingerprint density at radius 3 is 2.71 bits per heavy atom. The van der Waals surface area contributed by atoms with Gasteiger partial charge in [-0.1, -0.05) is 24.3 Å². The van der Waals surface area contributed by atoms with Gasteiger partial charge in [-0.05, 0) is 24.5 Å². The summed E-state index contributed by atoms with van der Waals surface area (Å²) < 4.78 is 38.0. The molecule has 1 saturated heterocycles. The molecule has 0 saturated carbocycles. The van der Waals surface area contributed by atoms with Gasteiger partial charge in [-0.2, -0.15) is 13.2 Å². The van der Waals surface area contributed by atoms with Crippen LogP contribution < -0.4 is 10.6 Å². The highest BCUT2D eigenvalue weighted by Crippen LogP contribution is 2.29. The monoisotopic (exact) mass is 567 g/mol. The largest absolute Gasteiger partial charge is 0.434 e. The van der Waals surface area contributed by atoms with Crippen molar-refractivity contribution in [3.63, 3.8) is 0 Å². The Morgan fingerprint density at radius 1 is 1.29 bits per heavy atom. The van der Waals surface area contributed by atoms with Crippen LogP contribution >= 0.6 is 35.3 Å². The predicted octanol–water partition coefficient (Wildman–Crippen LogP) is 4.16. The molecule has 0 unspecified atom stereocenters. The van der Waals surface area contributed by atoms with Crippen LogP contribution in [-0.4, -0.2) is 34.8 Å². The number of halogens is 4. The van der Waals surface area contributed by atoms with Gasteiger partial charge in [-0.3, -0.25) is 4.79 Å². The first kappa shape index (κ1) is 25.4. The first-order valence-electron chi connectivity index (χ1n) is 9.74. The molecule has 1 aliphatic rings. The number of carbonyl (C=O) groups is 1. The highest BCUT2D eigenvalue weighted by atomic mass is 127. The second kappa shape index (κ2) is 11.7. The minimum atomic E-state index is -4.43. The number of benzene rings is 1. The lowest BCUT2D eigenvalue weighted by Gasteiger charge is -2.16. The topological polar surface area (TPSA) is 69.6 Å². The van der Waals surface area contributed by atoms with E-state index < -0.39 is 11.9 Å². The summed E-state index contributed by atoms with van der Waals surface area (Å²) in [5.41, 5.74) is 1.17. The summed E-state index contributed by atoms with van der Waals surface area (Å²) in [5, 5.41) is 7.45. The van der Waals surface area contributed by atoms with E-state index in [1.807, 2.05) is 36.1 Å². The Bertz CT molecular complexity index is 903. The van der Waals surface area contributed by atoms with Crippen LogP contribution in [-0.2, 0) is 30.6 Å². The fraction of sp³-hybridized carbons (Fsp3) is 0.450. The third-order valence-corrected chi connectivity index (χ3v) is 5.40. The summed E-state index contributed by atoms with van der Waals surface area (Å²) in [6.45, 7) is 4.49. The maximum Gasteiger partial charge on any atom is 0.434 e. The van der Waals surface area contributed by atoms with Crippen molar-refractivity contribution < 1.29 is 18.0 Å². The van der Waals surface area contributed by atoms with E-state index in [9.17, 15) is 18.0 Å². The molecule has 1 fully saturated rings. The number of rotatable bonds is 7. The summed E-state index contributed by atoms with van der Waals surface area (Å²) in [6, 6.07) is 7.91. The second-order valence-electron chi connectivity index (χ2n) is 6.91. The molecule has 0 spiro atoms. The normalized spacial score (nSPS) is 14.5. The standard InChI is InChI=1S/C20H24F3N5OS.HI/c1-2-24-19(26-11-17-27-16(13-30-17)20(21,22)23)25-10-14-5-3-6-15(9-14)12-28-8-4-7-18(28)29;/h3,5-6,9,13H,2,4,7-8,10-12H2,1H3,(H2,24,25,26);1H. The minimum absolute atomic E-state index is 0.